The van der Waals surface area contributed by atoms with Gasteiger partial charge in [0.15, 0.2) is 0 Å². The molecular weight excluding hydrogens is 232 g/mol. The van der Waals surface area contributed by atoms with Crippen LogP contribution in [0.3, 0.4) is 0 Å². The lowest BCUT2D eigenvalue weighted by Gasteiger charge is -2.35. The van der Waals surface area contributed by atoms with Crippen LogP contribution in [-0.4, -0.2) is 12.6 Å². The standard InChI is InChI=1S/C17H24N2/c1-17(2)10-8-16(9-11-17)19-13-15(12-18)14-6-4-3-5-7-14/h3-7,15-16,19H,8-11,13H2,1-2H3. The van der Waals surface area contributed by atoms with Crippen molar-refractivity contribution in [3.63, 3.8) is 0 Å². The third-order valence-corrected chi connectivity index (χ3v) is 4.31. The fourth-order valence-electron chi connectivity index (χ4n) is 2.81. The van der Waals surface area contributed by atoms with Gasteiger partial charge in [0.25, 0.3) is 0 Å². The summed E-state index contributed by atoms with van der Waals surface area (Å²) in [4.78, 5) is 0. The predicted octanol–water partition coefficient (Wildman–Crippen LogP) is 3.85. The van der Waals surface area contributed by atoms with E-state index in [2.05, 4.69) is 25.2 Å². The van der Waals surface area contributed by atoms with Gasteiger partial charge in [0.05, 0.1) is 12.0 Å². The van der Waals surface area contributed by atoms with Gasteiger partial charge in [-0.1, -0.05) is 44.2 Å². The van der Waals surface area contributed by atoms with Crippen molar-refractivity contribution >= 4 is 0 Å². The molecule has 2 rings (SSSR count). The Balaban J connectivity index is 1.83. The third kappa shape index (κ3) is 4.08. The molecule has 0 amide bonds. The van der Waals surface area contributed by atoms with Crippen LogP contribution < -0.4 is 5.32 Å². The summed E-state index contributed by atoms with van der Waals surface area (Å²) >= 11 is 0. The molecule has 1 aliphatic carbocycles. The molecule has 102 valence electrons. The monoisotopic (exact) mass is 256 g/mol. The molecule has 0 saturated heterocycles. The van der Waals surface area contributed by atoms with E-state index in [0.717, 1.165) is 12.1 Å². The van der Waals surface area contributed by atoms with Crippen LogP contribution in [0.25, 0.3) is 0 Å². The molecule has 1 aromatic rings. The summed E-state index contributed by atoms with van der Waals surface area (Å²) in [6.45, 7) is 5.47. The van der Waals surface area contributed by atoms with Crippen molar-refractivity contribution in [2.24, 2.45) is 5.41 Å². The minimum atomic E-state index is -0.0314. The molecule has 1 saturated carbocycles. The van der Waals surface area contributed by atoms with Crippen LogP contribution in [-0.2, 0) is 0 Å². The number of rotatable bonds is 4. The number of hydrogen-bond donors (Lipinski definition) is 1. The summed E-state index contributed by atoms with van der Waals surface area (Å²) in [5, 5.41) is 12.9. The lowest BCUT2D eigenvalue weighted by molar-refractivity contribution is 0.206. The van der Waals surface area contributed by atoms with Crippen molar-refractivity contribution in [1.82, 2.24) is 5.32 Å². The fourth-order valence-corrected chi connectivity index (χ4v) is 2.81. The molecule has 0 aliphatic heterocycles. The van der Waals surface area contributed by atoms with Gasteiger partial charge in [-0.25, -0.2) is 0 Å². The van der Waals surface area contributed by atoms with Crippen LogP contribution in [0.15, 0.2) is 30.3 Å². The topological polar surface area (TPSA) is 35.8 Å². The molecule has 1 aliphatic rings. The van der Waals surface area contributed by atoms with Gasteiger partial charge < -0.3 is 5.32 Å². The maximum Gasteiger partial charge on any atom is 0.0837 e. The van der Waals surface area contributed by atoms with Crippen molar-refractivity contribution in [2.45, 2.75) is 51.5 Å². The lowest BCUT2D eigenvalue weighted by atomic mass is 9.75. The highest BCUT2D eigenvalue weighted by atomic mass is 14.9. The van der Waals surface area contributed by atoms with Crippen molar-refractivity contribution in [3.8, 4) is 6.07 Å². The van der Waals surface area contributed by atoms with Gasteiger partial charge in [-0.05, 0) is 36.7 Å². The molecular formula is C17H24N2. The molecule has 0 spiro atoms. The first-order chi connectivity index (χ1) is 9.11. The van der Waals surface area contributed by atoms with Crippen molar-refractivity contribution in [3.05, 3.63) is 35.9 Å². The molecule has 0 bridgehead atoms. The molecule has 1 unspecified atom stereocenters. The molecule has 0 radical (unpaired) electrons. The quantitative estimate of drug-likeness (QED) is 0.888. The van der Waals surface area contributed by atoms with Crippen LogP contribution in [0.4, 0.5) is 0 Å². The molecule has 1 atom stereocenters. The summed E-state index contributed by atoms with van der Waals surface area (Å²) < 4.78 is 0. The van der Waals surface area contributed by atoms with Gasteiger partial charge in [-0.2, -0.15) is 5.26 Å². The minimum Gasteiger partial charge on any atom is -0.312 e. The Bertz CT molecular complexity index is 420. The van der Waals surface area contributed by atoms with E-state index in [1.807, 2.05) is 30.3 Å². The Kier molecular flexibility index (Phi) is 4.61. The van der Waals surface area contributed by atoms with Gasteiger partial charge >= 0.3 is 0 Å². The first-order valence-corrected chi connectivity index (χ1v) is 7.29. The Morgan fingerprint density at radius 1 is 1.26 bits per heavy atom. The first-order valence-electron chi connectivity index (χ1n) is 7.29. The highest BCUT2D eigenvalue weighted by Crippen LogP contribution is 2.35. The largest absolute Gasteiger partial charge is 0.312 e. The Morgan fingerprint density at radius 3 is 2.47 bits per heavy atom. The second-order valence-electron chi connectivity index (χ2n) is 6.44. The Hall–Kier alpha value is -1.33. The van der Waals surface area contributed by atoms with Gasteiger partial charge in [0, 0.05) is 12.6 Å². The van der Waals surface area contributed by atoms with Gasteiger partial charge in [0.2, 0.25) is 0 Å². The van der Waals surface area contributed by atoms with Crippen molar-refractivity contribution in [2.75, 3.05) is 6.54 Å². The molecule has 19 heavy (non-hydrogen) atoms. The van der Waals surface area contributed by atoms with Crippen LogP contribution >= 0.6 is 0 Å². The zero-order chi connectivity index (χ0) is 13.7. The lowest BCUT2D eigenvalue weighted by Crippen LogP contribution is -2.37. The van der Waals surface area contributed by atoms with Crippen molar-refractivity contribution < 1.29 is 0 Å². The van der Waals surface area contributed by atoms with E-state index in [1.165, 1.54) is 25.7 Å². The predicted molar refractivity (Wildman–Crippen MR) is 78.8 cm³/mol. The molecule has 0 aromatic heterocycles. The zero-order valence-electron chi connectivity index (χ0n) is 12.0. The smallest absolute Gasteiger partial charge is 0.0837 e. The highest BCUT2D eigenvalue weighted by Gasteiger charge is 2.26. The number of nitriles is 1. The van der Waals surface area contributed by atoms with E-state index in [1.54, 1.807) is 0 Å². The van der Waals surface area contributed by atoms with Gasteiger partial charge in [0.1, 0.15) is 0 Å². The SMILES string of the molecule is CC1(C)CCC(NCC(C#N)c2ccccc2)CC1. The first kappa shape index (κ1) is 14.1. The van der Waals surface area contributed by atoms with Gasteiger partial charge in [-0.15, -0.1) is 0 Å². The Morgan fingerprint density at radius 2 is 1.89 bits per heavy atom. The molecule has 1 aromatic carbocycles. The van der Waals surface area contributed by atoms with E-state index in [9.17, 15) is 5.26 Å². The molecule has 1 N–H and O–H groups in total. The average molecular weight is 256 g/mol. The van der Waals surface area contributed by atoms with E-state index >= 15 is 0 Å². The summed E-state index contributed by atoms with van der Waals surface area (Å²) in [6.07, 6.45) is 5.04. The normalized spacial score (nSPS) is 20.7. The second-order valence-corrected chi connectivity index (χ2v) is 6.44. The molecule has 1 fully saturated rings. The maximum absolute atomic E-state index is 9.30. The van der Waals surface area contributed by atoms with E-state index in [-0.39, 0.29) is 5.92 Å². The Labute approximate surface area is 116 Å². The maximum atomic E-state index is 9.30. The molecule has 0 heterocycles. The average Bonchev–Trinajstić information content (AvgIpc) is 2.42. The number of nitrogens with zero attached hydrogens (tertiary/aromatic N) is 1. The zero-order valence-corrected chi connectivity index (χ0v) is 12.0. The van der Waals surface area contributed by atoms with Gasteiger partial charge in [-0.3, -0.25) is 0 Å². The third-order valence-electron chi connectivity index (χ3n) is 4.31. The van der Waals surface area contributed by atoms with Crippen LogP contribution in [0.2, 0.25) is 0 Å². The second kappa shape index (κ2) is 6.21. The fraction of sp³-hybridized carbons (Fsp3) is 0.588. The van der Waals surface area contributed by atoms with Crippen molar-refractivity contribution in [1.29, 1.82) is 5.26 Å². The summed E-state index contributed by atoms with van der Waals surface area (Å²) in [7, 11) is 0. The summed E-state index contributed by atoms with van der Waals surface area (Å²) in [5.41, 5.74) is 1.63. The minimum absolute atomic E-state index is 0.0314. The molecule has 2 heteroatoms. The number of hydrogen-bond acceptors (Lipinski definition) is 2. The molecule has 2 nitrogen and oxygen atoms in total. The summed E-state index contributed by atoms with van der Waals surface area (Å²) in [5.74, 6) is -0.0314. The van der Waals surface area contributed by atoms with E-state index in [4.69, 9.17) is 0 Å². The van der Waals surface area contributed by atoms with Crippen LogP contribution in [0.5, 0.6) is 0 Å². The van der Waals surface area contributed by atoms with Crippen LogP contribution in [0, 0.1) is 16.7 Å². The van der Waals surface area contributed by atoms with E-state index in [0.29, 0.717) is 11.5 Å². The number of benzene rings is 1. The summed E-state index contributed by atoms with van der Waals surface area (Å²) in [6, 6.07) is 13.1. The highest BCUT2D eigenvalue weighted by molar-refractivity contribution is 5.25. The van der Waals surface area contributed by atoms with Crippen LogP contribution in [0.1, 0.15) is 51.0 Å². The van der Waals surface area contributed by atoms with E-state index < -0.39 is 0 Å². The number of nitrogens with one attached hydrogen (secondary N) is 1.